The van der Waals surface area contributed by atoms with Gasteiger partial charge in [-0.3, -0.25) is 4.79 Å². The van der Waals surface area contributed by atoms with Gasteiger partial charge in [-0.1, -0.05) is 36.4 Å². The first kappa shape index (κ1) is 24.9. The third kappa shape index (κ3) is 5.90. The van der Waals surface area contributed by atoms with Crippen molar-refractivity contribution in [2.24, 2.45) is 12.8 Å². The summed E-state index contributed by atoms with van der Waals surface area (Å²) in [6.07, 6.45) is 3.27. The van der Waals surface area contributed by atoms with Gasteiger partial charge < -0.3 is 24.9 Å². The quantitative estimate of drug-likeness (QED) is 0.324. The number of carboxylic acids is 1. The molecule has 7 nitrogen and oxygen atoms in total. The molecule has 3 aromatic carbocycles. The van der Waals surface area contributed by atoms with E-state index in [-0.39, 0.29) is 25.5 Å². The molecule has 186 valence electrons. The minimum absolute atomic E-state index is 0.140. The van der Waals surface area contributed by atoms with Crippen LogP contribution in [0.3, 0.4) is 0 Å². The summed E-state index contributed by atoms with van der Waals surface area (Å²) >= 11 is 0. The van der Waals surface area contributed by atoms with Crippen LogP contribution in [-0.2, 0) is 31.5 Å². The van der Waals surface area contributed by atoms with Gasteiger partial charge in [-0.2, -0.15) is 0 Å². The maximum Gasteiger partial charge on any atom is 0.307 e. The predicted molar refractivity (Wildman–Crippen MR) is 134 cm³/mol. The van der Waals surface area contributed by atoms with Crippen LogP contribution in [-0.4, -0.2) is 20.6 Å². The third-order valence-electron chi connectivity index (χ3n) is 5.81. The minimum atomic E-state index is -0.941. The molecule has 3 N–H and O–H groups in total. The molecular formula is C28H28FN3O4. The van der Waals surface area contributed by atoms with Crippen molar-refractivity contribution >= 4 is 5.97 Å². The molecule has 0 saturated heterocycles. The molecule has 0 fully saturated rings. The van der Waals surface area contributed by atoms with Gasteiger partial charge in [0, 0.05) is 29.8 Å². The van der Waals surface area contributed by atoms with Gasteiger partial charge in [-0.25, -0.2) is 9.37 Å². The van der Waals surface area contributed by atoms with Crippen molar-refractivity contribution in [3.63, 3.8) is 0 Å². The number of hydrogen-bond donors (Lipinski definition) is 2. The zero-order chi connectivity index (χ0) is 25.7. The van der Waals surface area contributed by atoms with E-state index < -0.39 is 12.0 Å². The normalized spacial score (nSPS) is 11.8. The van der Waals surface area contributed by atoms with Gasteiger partial charge in [-0.15, -0.1) is 0 Å². The van der Waals surface area contributed by atoms with E-state index in [0.717, 1.165) is 11.3 Å². The van der Waals surface area contributed by atoms with Crippen LogP contribution in [0, 0.1) is 5.82 Å². The molecular weight excluding hydrogens is 461 g/mol. The number of para-hydroxylation sites is 1. The van der Waals surface area contributed by atoms with Crippen molar-refractivity contribution < 1.29 is 23.8 Å². The molecule has 36 heavy (non-hydrogen) atoms. The Labute approximate surface area is 208 Å². The Morgan fingerprint density at radius 2 is 1.92 bits per heavy atom. The van der Waals surface area contributed by atoms with Crippen molar-refractivity contribution in [1.29, 1.82) is 0 Å². The van der Waals surface area contributed by atoms with Crippen LogP contribution in [0.1, 0.15) is 35.3 Å². The van der Waals surface area contributed by atoms with Gasteiger partial charge in [-0.05, 0) is 42.3 Å². The molecule has 1 aromatic heterocycles. The topological polar surface area (TPSA) is 99.6 Å². The van der Waals surface area contributed by atoms with Crippen LogP contribution < -0.4 is 15.2 Å². The fraction of sp³-hybridized carbons (Fsp3) is 0.214. The highest BCUT2D eigenvalue weighted by atomic mass is 19.1. The highest BCUT2D eigenvalue weighted by molar-refractivity contribution is 5.71. The summed E-state index contributed by atoms with van der Waals surface area (Å²) in [5.74, 6) is -0.303. The number of carboxylic acid groups (broad SMARTS) is 1. The number of nitrogens with zero attached hydrogens (tertiary/aromatic N) is 2. The van der Waals surface area contributed by atoms with E-state index >= 15 is 4.39 Å². The number of hydrogen-bond acceptors (Lipinski definition) is 5. The summed E-state index contributed by atoms with van der Waals surface area (Å²) in [6.45, 7) is 2.16. The first-order chi connectivity index (χ1) is 17.3. The average molecular weight is 490 g/mol. The Hall–Kier alpha value is -4.17. The number of imidazole rings is 1. The summed E-state index contributed by atoms with van der Waals surface area (Å²) in [7, 11) is 1.88. The van der Waals surface area contributed by atoms with Gasteiger partial charge in [0.1, 0.15) is 30.5 Å². The summed E-state index contributed by atoms with van der Waals surface area (Å²) in [6, 6.07) is 17.1. The molecule has 0 saturated carbocycles. The van der Waals surface area contributed by atoms with Crippen LogP contribution in [0.5, 0.6) is 11.5 Å². The molecule has 0 spiro atoms. The Kier molecular flexibility index (Phi) is 7.65. The predicted octanol–water partition coefficient (Wildman–Crippen LogP) is 5.03. The molecule has 4 aromatic rings. The maximum atomic E-state index is 15.3. The van der Waals surface area contributed by atoms with Crippen molar-refractivity contribution in [1.82, 2.24) is 9.55 Å². The summed E-state index contributed by atoms with van der Waals surface area (Å²) in [5, 5.41) is 9.20. The van der Waals surface area contributed by atoms with E-state index in [1.807, 2.05) is 23.7 Å². The smallest absolute Gasteiger partial charge is 0.307 e. The van der Waals surface area contributed by atoms with E-state index in [9.17, 15) is 9.90 Å². The summed E-state index contributed by atoms with van der Waals surface area (Å²) in [5.41, 5.74) is 9.61. The van der Waals surface area contributed by atoms with E-state index in [1.165, 1.54) is 0 Å². The van der Waals surface area contributed by atoms with Crippen LogP contribution in [0.2, 0.25) is 0 Å². The van der Waals surface area contributed by atoms with Crippen LogP contribution in [0.4, 0.5) is 4.39 Å². The van der Waals surface area contributed by atoms with E-state index in [1.54, 1.807) is 68.0 Å². The number of aromatic nitrogens is 2. The Morgan fingerprint density at radius 1 is 1.11 bits per heavy atom. The van der Waals surface area contributed by atoms with Gasteiger partial charge in [0.15, 0.2) is 0 Å². The first-order valence-electron chi connectivity index (χ1n) is 11.5. The zero-order valence-electron chi connectivity index (χ0n) is 20.1. The summed E-state index contributed by atoms with van der Waals surface area (Å²) in [4.78, 5) is 15.3. The fourth-order valence-electron chi connectivity index (χ4n) is 3.90. The van der Waals surface area contributed by atoms with E-state index in [0.29, 0.717) is 33.8 Å². The van der Waals surface area contributed by atoms with Crippen LogP contribution >= 0.6 is 0 Å². The van der Waals surface area contributed by atoms with Crippen LogP contribution in [0.25, 0.3) is 11.1 Å². The third-order valence-corrected chi connectivity index (χ3v) is 5.81. The molecule has 0 amide bonds. The number of nitrogens with two attached hydrogens (primary N) is 1. The molecule has 0 aliphatic rings. The monoisotopic (exact) mass is 489 g/mol. The largest absolute Gasteiger partial charge is 0.489 e. The molecule has 1 atom stereocenters. The van der Waals surface area contributed by atoms with Crippen molar-refractivity contribution in [3.8, 4) is 22.6 Å². The number of aliphatic carboxylic acids is 1. The number of ether oxygens (including phenoxy) is 2. The lowest BCUT2D eigenvalue weighted by atomic mass is 9.97. The molecule has 1 heterocycles. The molecule has 0 bridgehead atoms. The van der Waals surface area contributed by atoms with Crippen molar-refractivity contribution in [2.45, 2.75) is 32.6 Å². The highest BCUT2D eigenvalue weighted by Crippen LogP contribution is 2.32. The van der Waals surface area contributed by atoms with Gasteiger partial charge >= 0.3 is 5.97 Å². The minimum Gasteiger partial charge on any atom is -0.489 e. The molecule has 0 unspecified atom stereocenters. The lowest BCUT2D eigenvalue weighted by Crippen LogP contribution is -2.08. The lowest BCUT2D eigenvalue weighted by molar-refractivity contribution is -0.136. The molecule has 0 aliphatic carbocycles. The molecule has 0 radical (unpaired) electrons. The highest BCUT2D eigenvalue weighted by Gasteiger charge is 2.15. The van der Waals surface area contributed by atoms with Gasteiger partial charge in [0.25, 0.3) is 0 Å². The molecule has 0 aliphatic heterocycles. The lowest BCUT2D eigenvalue weighted by Gasteiger charge is -2.16. The summed E-state index contributed by atoms with van der Waals surface area (Å²) < 4.78 is 29.2. The maximum absolute atomic E-state index is 15.3. The standard InChI is InChI=1S/C28H28FN3O4/c1-18(30)24-7-5-8-25(28(24)29)21-10-19(11-23(12-21)35-16-22-14-31-17-32(22)2)15-36-26-9-4-3-6-20(26)13-27(33)34/h3-12,14,17-18H,13,15-16,30H2,1-2H3,(H,33,34)/t18-/m1/s1. The number of rotatable bonds is 10. The number of halogens is 1. The molecule has 4 rings (SSSR count). The zero-order valence-corrected chi connectivity index (χ0v) is 20.1. The molecule has 8 heteroatoms. The van der Waals surface area contributed by atoms with Crippen molar-refractivity contribution in [2.75, 3.05) is 0 Å². The fourth-order valence-corrected chi connectivity index (χ4v) is 3.90. The van der Waals surface area contributed by atoms with E-state index in [2.05, 4.69) is 4.98 Å². The second-order valence-electron chi connectivity index (χ2n) is 8.61. The second kappa shape index (κ2) is 11.0. The van der Waals surface area contributed by atoms with Crippen molar-refractivity contribution in [3.05, 3.63) is 101 Å². The Balaban J connectivity index is 1.67. The number of carbonyl (C=O) groups is 1. The second-order valence-corrected chi connectivity index (χ2v) is 8.61. The number of aryl methyl sites for hydroxylation is 1. The average Bonchev–Trinajstić information content (AvgIpc) is 3.26. The number of benzene rings is 3. The van der Waals surface area contributed by atoms with Gasteiger partial charge in [0.2, 0.25) is 0 Å². The Bertz CT molecular complexity index is 1370. The van der Waals surface area contributed by atoms with Gasteiger partial charge in [0.05, 0.1) is 24.6 Å². The first-order valence-corrected chi connectivity index (χ1v) is 11.5. The Morgan fingerprint density at radius 3 is 2.64 bits per heavy atom. The van der Waals surface area contributed by atoms with E-state index in [4.69, 9.17) is 15.2 Å². The van der Waals surface area contributed by atoms with Crippen LogP contribution in [0.15, 0.2) is 73.2 Å². The SMILES string of the molecule is C[C@@H](N)c1cccc(-c2cc(COc3ccccc3CC(=O)O)cc(OCc3cncn3C)c2)c1F.